The van der Waals surface area contributed by atoms with Gasteiger partial charge in [0.1, 0.15) is 0 Å². The maximum atomic E-state index is 15.0. The summed E-state index contributed by atoms with van der Waals surface area (Å²) in [6, 6.07) is 35.7. The first-order chi connectivity index (χ1) is 30.0. The fraction of sp³-hybridized carbons (Fsp3) is 0.327. The molecule has 0 radical (unpaired) electrons. The highest BCUT2D eigenvalue weighted by atomic mass is 79.9. The minimum atomic E-state index is -1.27. The molecule has 0 aliphatic carbocycles. The van der Waals surface area contributed by atoms with Crippen LogP contribution in [0.4, 0.5) is 22.7 Å². The van der Waals surface area contributed by atoms with E-state index in [1.54, 1.807) is 0 Å². The van der Waals surface area contributed by atoms with Crippen LogP contribution in [0.1, 0.15) is 87.5 Å². The van der Waals surface area contributed by atoms with Gasteiger partial charge in [0.05, 0.1) is 5.56 Å². The molecule has 5 heterocycles. The summed E-state index contributed by atoms with van der Waals surface area (Å²) in [5, 5.41) is 0. The third kappa shape index (κ3) is 6.92. The number of rotatable bonds is 6. The molecule has 0 bridgehead atoms. The second-order valence-electron chi connectivity index (χ2n) is 17.8. The van der Waals surface area contributed by atoms with Gasteiger partial charge in [-0.3, -0.25) is 0 Å². The molecule has 62 heavy (non-hydrogen) atoms. The first kappa shape index (κ1) is 42.1. The average Bonchev–Trinajstić information content (AvgIpc) is 3.58. The lowest BCUT2D eigenvalue weighted by Crippen LogP contribution is -2.35. The normalized spacial score (nSPS) is 23.7. The van der Waals surface area contributed by atoms with Crippen LogP contribution in [0.5, 0.6) is 0 Å². The van der Waals surface area contributed by atoms with E-state index in [-0.39, 0.29) is 29.6 Å². The fourth-order valence-electron chi connectivity index (χ4n) is 11.4. The zero-order chi connectivity index (χ0) is 43.0. The third-order valence-corrected chi connectivity index (χ3v) is 19.2. The number of allylic oxidation sites excluding steroid dienone is 2. The molecule has 5 aliphatic heterocycles. The second-order valence-corrected chi connectivity index (χ2v) is 20.9. The van der Waals surface area contributed by atoms with E-state index in [4.69, 9.17) is 4.74 Å². The highest BCUT2D eigenvalue weighted by Gasteiger charge is 2.50. The molecule has 4 atom stereocenters. The predicted molar refractivity (Wildman–Crippen MR) is 269 cm³/mol. The van der Waals surface area contributed by atoms with Crippen LogP contribution in [0, 0.1) is 0 Å². The maximum absolute atomic E-state index is 15.0. The molecule has 10 heteroatoms. The summed E-state index contributed by atoms with van der Waals surface area (Å²) in [6.45, 7) is 3.68. The fourth-order valence-corrected chi connectivity index (χ4v) is 14.0. The van der Waals surface area contributed by atoms with Crippen molar-refractivity contribution in [3.8, 4) is 0 Å². The van der Waals surface area contributed by atoms with Crippen LogP contribution < -0.4 is 19.6 Å². The van der Waals surface area contributed by atoms with Crippen LogP contribution in [0.2, 0.25) is 0 Å². The van der Waals surface area contributed by atoms with E-state index in [2.05, 4.69) is 221 Å². The maximum Gasteiger partial charge on any atom is 0.341 e. The number of benzene rings is 5. The molecule has 5 aliphatic rings. The van der Waals surface area contributed by atoms with Crippen molar-refractivity contribution in [1.29, 1.82) is 0 Å². The van der Waals surface area contributed by atoms with Gasteiger partial charge in [0.15, 0.2) is 5.60 Å². The number of esters is 1. The molecule has 0 aromatic heterocycles. The van der Waals surface area contributed by atoms with Crippen molar-refractivity contribution >= 4 is 92.4 Å². The second kappa shape index (κ2) is 16.6. The number of carbonyl (C=O) groups excluding carboxylic acids is 1. The number of para-hydroxylation sites is 4. The minimum absolute atomic E-state index is 0.0922. The van der Waals surface area contributed by atoms with Crippen molar-refractivity contribution in [3.05, 3.63) is 172 Å². The van der Waals surface area contributed by atoms with E-state index in [9.17, 15) is 4.79 Å². The molecule has 0 fully saturated rings. The van der Waals surface area contributed by atoms with Crippen molar-refractivity contribution < 1.29 is 9.53 Å². The Morgan fingerprint density at radius 3 is 1.15 bits per heavy atom. The summed E-state index contributed by atoms with van der Waals surface area (Å²) >= 11 is 15.8. The molecule has 0 saturated heterocycles. The summed E-state index contributed by atoms with van der Waals surface area (Å²) in [5.74, 6) is 0.0281. The van der Waals surface area contributed by atoms with Gasteiger partial charge in [0.25, 0.3) is 0 Å². The number of hydrogen-bond acceptors (Lipinski definition) is 6. The molecule has 0 saturated carbocycles. The van der Waals surface area contributed by atoms with Gasteiger partial charge in [0, 0.05) is 124 Å². The van der Waals surface area contributed by atoms with Crippen LogP contribution in [0.15, 0.2) is 138 Å². The Labute approximate surface area is 399 Å². The van der Waals surface area contributed by atoms with Crippen molar-refractivity contribution in [1.82, 2.24) is 0 Å². The van der Waals surface area contributed by atoms with Gasteiger partial charge in [-0.1, -0.05) is 83.9 Å². The first-order valence-corrected chi connectivity index (χ1v) is 24.9. The Balaban J connectivity index is 1.32. The van der Waals surface area contributed by atoms with Gasteiger partial charge in [-0.15, -0.1) is 0 Å². The minimum Gasteiger partial charge on any atom is -0.442 e. The van der Waals surface area contributed by atoms with Crippen molar-refractivity contribution in [2.24, 2.45) is 0 Å². The first-order valence-electron chi connectivity index (χ1n) is 21.7. The summed E-state index contributed by atoms with van der Waals surface area (Å²) in [5.41, 5.74) is 13.0. The van der Waals surface area contributed by atoms with Crippen LogP contribution in [0.25, 0.3) is 0 Å². The predicted octanol–water partition coefficient (Wildman–Crippen LogP) is 13.4. The van der Waals surface area contributed by atoms with E-state index in [1.165, 1.54) is 56.1 Å². The molecular weight excluding hydrogens is 1030 g/mol. The number of nitrogens with zero attached hydrogens (tertiary/aromatic N) is 4. The Hall–Kier alpha value is -3.83. The molecule has 5 aromatic rings. The number of halogens is 4. The number of carbonyl (C=O) groups is 1. The Bertz CT molecular complexity index is 2410. The van der Waals surface area contributed by atoms with Crippen molar-refractivity contribution in [3.63, 3.8) is 0 Å². The molecule has 6 nitrogen and oxygen atoms in total. The van der Waals surface area contributed by atoms with Gasteiger partial charge in [-0.2, -0.15) is 0 Å². The summed E-state index contributed by atoms with van der Waals surface area (Å²) in [7, 11) is 8.82. The zero-order valence-corrected chi connectivity index (χ0v) is 41.8. The molecule has 318 valence electrons. The molecule has 10 rings (SSSR count). The van der Waals surface area contributed by atoms with E-state index in [1.807, 2.05) is 0 Å². The summed E-state index contributed by atoms with van der Waals surface area (Å²) in [6.07, 6.45) is 8.63. The van der Waals surface area contributed by atoms with Crippen LogP contribution >= 0.6 is 63.7 Å². The highest BCUT2D eigenvalue weighted by molar-refractivity contribution is 9.15. The van der Waals surface area contributed by atoms with Gasteiger partial charge >= 0.3 is 5.97 Å². The van der Waals surface area contributed by atoms with E-state index in [0.29, 0.717) is 10.0 Å². The molecule has 0 N–H and O–H groups in total. The number of cyclic esters (lactones) is 1. The lowest BCUT2D eigenvalue weighted by Gasteiger charge is -2.42. The highest BCUT2D eigenvalue weighted by Crippen LogP contribution is 2.58. The van der Waals surface area contributed by atoms with E-state index < -0.39 is 5.60 Å². The molecule has 5 aromatic carbocycles. The van der Waals surface area contributed by atoms with Crippen LogP contribution in [0.3, 0.4) is 0 Å². The number of ether oxygens (including phenoxy) is 1. The van der Waals surface area contributed by atoms with Gasteiger partial charge < -0.3 is 24.3 Å². The number of hydrogen-bond donors (Lipinski definition) is 0. The third-order valence-electron chi connectivity index (χ3n) is 14.4. The smallest absolute Gasteiger partial charge is 0.341 e. The van der Waals surface area contributed by atoms with Gasteiger partial charge in [0.2, 0.25) is 0 Å². The SMILES string of the molecule is CN1CCC(C(=CC2(C=C(C3CCN(C)c4ccccc43)C3CCN(C)c4ccccc43)OC(=O)c3c(Br)c(Br)c(Br)c(Br)c32)C2CCN(C)c3ccccc32)c2ccccc21. The lowest BCUT2D eigenvalue weighted by atomic mass is 9.69. The van der Waals surface area contributed by atoms with Gasteiger partial charge in [-0.25, -0.2) is 4.79 Å². The summed E-state index contributed by atoms with van der Waals surface area (Å²) in [4.78, 5) is 24.5. The Morgan fingerprint density at radius 1 is 0.500 bits per heavy atom. The standard InChI is InChI=1S/C52H50Br4N4O2/c1-57-25-21-31(35-13-5-9-17-41(35)57)39(32-22-26-58(2)42-18-10-6-14-36(32)42)29-52(46-45(51(61)62-52)47(53)49(55)50(56)48(46)54)30-40(33-23-27-59(3)43-19-11-7-15-37(33)43)34-24-28-60(4)44-20-12-8-16-38(34)44/h5-20,29-34H,21-28H2,1-4H3. The monoisotopic (exact) mass is 1080 g/mol. The molecule has 4 unspecified atom stereocenters. The number of anilines is 4. The number of fused-ring (bicyclic) bond motifs is 5. The zero-order valence-electron chi connectivity index (χ0n) is 35.5. The van der Waals surface area contributed by atoms with E-state index >= 15 is 0 Å². The Kier molecular flexibility index (Phi) is 11.3. The Morgan fingerprint density at radius 2 is 0.806 bits per heavy atom. The van der Waals surface area contributed by atoms with Crippen LogP contribution in [-0.2, 0) is 10.3 Å². The van der Waals surface area contributed by atoms with Crippen molar-refractivity contribution in [2.45, 2.75) is 55.0 Å². The largest absolute Gasteiger partial charge is 0.442 e. The molecule has 0 spiro atoms. The molecule has 0 amide bonds. The quantitative estimate of drug-likeness (QED) is 0.0730. The molecular formula is C52H50Br4N4O2. The topological polar surface area (TPSA) is 39.3 Å². The van der Waals surface area contributed by atoms with Crippen molar-refractivity contribution in [2.75, 3.05) is 74.0 Å². The summed E-state index contributed by atoms with van der Waals surface area (Å²) < 4.78 is 10.3. The van der Waals surface area contributed by atoms with E-state index in [0.717, 1.165) is 70.8 Å². The van der Waals surface area contributed by atoms with Crippen LogP contribution in [-0.4, -0.2) is 60.3 Å². The lowest BCUT2D eigenvalue weighted by molar-refractivity contribution is 0.0287. The van der Waals surface area contributed by atoms with Gasteiger partial charge in [-0.05, 0) is 148 Å². The average molecular weight is 1080 g/mol.